The molecule has 0 saturated carbocycles. The van der Waals surface area contributed by atoms with Crippen molar-refractivity contribution in [3.05, 3.63) is 78.4 Å². The predicted molar refractivity (Wildman–Crippen MR) is 102 cm³/mol. The van der Waals surface area contributed by atoms with Crippen molar-refractivity contribution in [3.8, 4) is 22.4 Å². The van der Waals surface area contributed by atoms with Gasteiger partial charge < -0.3 is 15.1 Å². The van der Waals surface area contributed by atoms with E-state index in [1.807, 2.05) is 24.3 Å². The lowest BCUT2D eigenvalue weighted by Crippen LogP contribution is -2.17. The molecule has 0 aliphatic rings. The van der Waals surface area contributed by atoms with Gasteiger partial charge in [0.05, 0.1) is 22.2 Å². The van der Waals surface area contributed by atoms with Gasteiger partial charge >= 0.3 is 0 Å². The minimum atomic E-state index is -0.243. The Balaban J connectivity index is 2.15. The summed E-state index contributed by atoms with van der Waals surface area (Å²) in [5, 5.41) is 9.25. The van der Waals surface area contributed by atoms with E-state index in [-0.39, 0.29) is 17.5 Å². The maximum Gasteiger partial charge on any atom is 0.204 e. The molecule has 2 aromatic heterocycles. The number of aromatic nitrogens is 2. The Kier molecular flexibility index (Phi) is 4.74. The molecule has 3 aromatic rings. The molecule has 0 fully saturated rings. The molecule has 0 amide bonds. The van der Waals surface area contributed by atoms with E-state index >= 15 is 0 Å². The minimum absolute atomic E-state index is 0.0673. The van der Waals surface area contributed by atoms with Crippen molar-refractivity contribution in [3.63, 3.8) is 0 Å². The Bertz CT molecular complexity index is 1070. The van der Waals surface area contributed by atoms with Crippen molar-refractivity contribution in [2.24, 2.45) is 0 Å². The van der Waals surface area contributed by atoms with Crippen molar-refractivity contribution < 1.29 is 5.11 Å². The molecule has 0 radical (unpaired) electrons. The quantitative estimate of drug-likeness (QED) is 0.630. The lowest BCUT2D eigenvalue weighted by molar-refractivity contribution is 0.282. The first kappa shape index (κ1) is 17.4. The zero-order valence-electron chi connectivity index (χ0n) is 13.8. The molecule has 0 aliphatic carbocycles. The maximum atomic E-state index is 12.6. The van der Waals surface area contributed by atoms with Gasteiger partial charge in [-0.1, -0.05) is 18.2 Å². The van der Waals surface area contributed by atoms with Crippen LogP contribution in [0.4, 0.5) is 0 Å². The van der Waals surface area contributed by atoms with Crippen LogP contribution in [0.3, 0.4) is 0 Å². The second-order valence-electron chi connectivity index (χ2n) is 5.88. The van der Waals surface area contributed by atoms with E-state index in [0.29, 0.717) is 27.0 Å². The largest absolute Gasteiger partial charge is 0.392 e. The van der Waals surface area contributed by atoms with Crippen molar-refractivity contribution in [2.45, 2.75) is 20.5 Å². The van der Waals surface area contributed by atoms with Crippen LogP contribution in [-0.4, -0.2) is 15.1 Å². The van der Waals surface area contributed by atoms with E-state index in [4.69, 9.17) is 0 Å². The lowest BCUT2D eigenvalue weighted by Gasteiger charge is -2.10. The number of hydrogen-bond donors (Lipinski definition) is 3. The zero-order valence-corrected chi connectivity index (χ0v) is 15.4. The second-order valence-corrected chi connectivity index (χ2v) is 6.67. The summed E-state index contributed by atoms with van der Waals surface area (Å²) in [7, 11) is 0. The van der Waals surface area contributed by atoms with Crippen LogP contribution >= 0.6 is 15.9 Å². The van der Waals surface area contributed by atoms with Gasteiger partial charge in [-0.25, -0.2) is 0 Å². The van der Waals surface area contributed by atoms with Gasteiger partial charge in [0.15, 0.2) is 5.43 Å². The number of pyridine rings is 2. The highest BCUT2D eigenvalue weighted by atomic mass is 79.9. The number of nitrogens with one attached hydrogen (secondary N) is 2. The van der Waals surface area contributed by atoms with Crippen LogP contribution in [0.5, 0.6) is 0 Å². The van der Waals surface area contributed by atoms with Crippen molar-refractivity contribution >= 4 is 15.9 Å². The van der Waals surface area contributed by atoms with Crippen LogP contribution in [0.1, 0.15) is 17.0 Å². The van der Waals surface area contributed by atoms with E-state index in [1.54, 1.807) is 20.0 Å². The molecular formula is C19H17BrN2O3. The monoisotopic (exact) mass is 400 g/mol. The third kappa shape index (κ3) is 3.23. The fourth-order valence-corrected chi connectivity index (χ4v) is 3.14. The number of aliphatic hydroxyl groups excluding tert-OH is 1. The van der Waals surface area contributed by atoms with E-state index in [1.165, 1.54) is 6.07 Å². The Labute approximate surface area is 152 Å². The summed E-state index contributed by atoms with van der Waals surface area (Å²) in [6, 6.07) is 8.76. The molecule has 0 unspecified atom stereocenters. The van der Waals surface area contributed by atoms with Gasteiger partial charge in [0.25, 0.3) is 0 Å². The van der Waals surface area contributed by atoms with Crippen LogP contribution in [0.15, 0.2) is 50.6 Å². The highest BCUT2D eigenvalue weighted by Gasteiger charge is 2.16. The highest BCUT2D eigenvalue weighted by molar-refractivity contribution is 9.10. The molecule has 3 rings (SSSR count). The molecular weight excluding hydrogens is 384 g/mol. The van der Waals surface area contributed by atoms with E-state index < -0.39 is 0 Å². The topological polar surface area (TPSA) is 85.9 Å². The number of benzene rings is 1. The molecule has 2 heterocycles. The fourth-order valence-electron chi connectivity index (χ4n) is 2.84. The summed E-state index contributed by atoms with van der Waals surface area (Å²) in [5.74, 6) is 0. The molecule has 0 aliphatic heterocycles. The molecule has 1 aromatic carbocycles. The minimum Gasteiger partial charge on any atom is -0.392 e. The van der Waals surface area contributed by atoms with Gasteiger partial charge in [0, 0.05) is 29.3 Å². The fraction of sp³-hybridized carbons (Fsp3) is 0.158. The first-order chi connectivity index (χ1) is 11.9. The number of aliphatic hydroxyl groups is 1. The predicted octanol–water partition coefficient (Wildman–Crippen LogP) is 3.27. The van der Waals surface area contributed by atoms with E-state index in [0.717, 1.165) is 16.8 Å². The SMILES string of the molecule is Cc1[nH]c(C)c(-c2c[nH]c(-c3cccc(CO)c3)cc2=O)c(=O)c1Br. The summed E-state index contributed by atoms with van der Waals surface area (Å²) in [6.07, 6.45) is 1.56. The molecule has 0 spiro atoms. The van der Waals surface area contributed by atoms with E-state index in [2.05, 4.69) is 25.9 Å². The molecule has 0 atom stereocenters. The smallest absolute Gasteiger partial charge is 0.204 e. The third-order valence-electron chi connectivity index (χ3n) is 4.11. The van der Waals surface area contributed by atoms with Crippen molar-refractivity contribution in [1.82, 2.24) is 9.97 Å². The van der Waals surface area contributed by atoms with Crippen LogP contribution in [-0.2, 0) is 6.61 Å². The molecule has 3 N–H and O–H groups in total. The number of rotatable bonds is 3. The van der Waals surface area contributed by atoms with Gasteiger partial charge in [0.2, 0.25) is 5.43 Å². The zero-order chi connectivity index (χ0) is 18.1. The average molecular weight is 401 g/mol. The Morgan fingerprint density at radius 2 is 1.88 bits per heavy atom. The number of H-pyrrole nitrogens is 2. The summed E-state index contributed by atoms with van der Waals surface area (Å²) in [6.45, 7) is 3.50. The summed E-state index contributed by atoms with van der Waals surface area (Å²) >= 11 is 3.27. The molecule has 25 heavy (non-hydrogen) atoms. The number of halogens is 1. The van der Waals surface area contributed by atoms with Gasteiger partial charge in [0.1, 0.15) is 0 Å². The normalized spacial score (nSPS) is 10.9. The standard InChI is InChI=1S/C19H17BrN2O3/c1-10-17(19(25)18(20)11(2)22-10)14-8-21-15(7-16(14)24)13-5-3-4-12(6-13)9-23/h3-8,23H,9H2,1-2H3,(H,21,24)(H,22,25). The average Bonchev–Trinajstić information content (AvgIpc) is 2.61. The molecule has 5 nitrogen and oxygen atoms in total. The summed E-state index contributed by atoms with van der Waals surface area (Å²) in [5.41, 5.74) is 3.77. The Morgan fingerprint density at radius 1 is 1.12 bits per heavy atom. The van der Waals surface area contributed by atoms with Crippen molar-refractivity contribution in [1.29, 1.82) is 0 Å². The molecule has 6 heteroatoms. The Hall–Kier alpha value is -2.44. The summed E-state index contributed by atoms with van der Waals surface area (Å²) < 4.78 is 0.423. The van der Waals surface area contributed by atoms with E-state index in [9.17, 15) is 14.7 Å². The van der Waals surface area contributed by atoms with Crippen LogP contribution in [0.25, 0.3) is 22.4 Å². The van der Waals surface area contributed by atoms with Gasteiger partial charge in [-0.05, 0) is 47.0 Å². The highest BCUT2D eigenvalue weighted by Crippen LogP contribution is 2.22. The first-order valence-corrected chi connectivity index (χ1v) is 8.54. The molecule has 128 valence electrons. The number of hydrogen-bond acceptors (Lipinski definition) is 3. The lowest BCUT2D eigenvalue weighted by atomic mass is 10.0. The molecule has 0 saturated heterocycles. The van der Waals surface area contributed by atoms with Crippen LogP contribution in [0, 0.1) is 13.8 Å². The van der Waals surface area contributed by atoms with Crippen LogP contribution < -0.4 is 10.9 Å². The Morgan fingerprint density at radius 3 is 2.56 bits per heavy atom. The molecule has 0 bridgehead atoms. The van der Waals surface area contributed by atoms with Gasteiger partial charge in [-0.3, -0.25) is 9.59 Å². The maximum absolute atomic E-state index is 12.6. The second kappa shape index (κ2) is 6.82. The third-order valence-corrected chi connectivity index (χ3v) is 5.06. The summed E-state index contributed by atoms with van der Waals surface area (Å²) in [4.78, 5) is 31.4. The number of aryl methyl sites for hydroxylation is 2. The van der Waals surface area contributed by atoms with Crippen molar-refractivity contribution in [2.75, 3.05) is 0 Å². The van der Waals surface area contributed by atoms with Gasteiger partial charge in [-0.2, -0.15) is 0 Å². The first-order valence-electron chi connectivity index (χ1n) is 7.74. The van der Waals surface area contributed by atoms with Crippen LogP contribution in [0.2, 0.25) is 0 Å². The number of aromatic amines is 2. The van der Waals surface area contributed by atoms with Gasteiger partial charge in [-0.15, -0.1) is 0 Å².